The van der Waals surface area contributed by atoms with Gasteiger partial charge in [0, 0.05) is 26.2 Å². The molecule has 0 spiro atoms. The number of benzene rings is 1. The van der Waals surface area contributed by atoms with Crippen molar-refractivity contribution < 1.29 is 31.8 Å². The number of hydrogen-bond acceptors (Lipinski definition) is 4. The van der Waals surface area contributed by atoms with Gasteiger partial charge in [0.25, 0.3) is 5.92 Å². The number of nitrogens with one attached hydrogen (secondary N) is 1. The number of rotatable bonds is 5. The molecule has 0 unspecified atom stereocenters. The van der Waals surface area contributed by atoms with Gasteiger partial charge in [-0.05, 0) is 17.7 Å². The zero-order valence-electron chi connectivity index (χ0n) is 13.4. The highest BCUT2D eigenvalue weighted by atomic mass is 35.5. The molecule has 1 aromatic carbocycles. The fraction of sp³-hybridized carbons (Fsp3) is 0.600. The SMILES string of the molecule is COc1ccc([C@H](N2CCNCC2)C(F)(F)CO)c(C(F)(F)F)c1.Cl. The highest BCUT2D eigenvalue weighted by Gasteiger charge is 2.48. The van der Waals surface area contributed by atoms with E-state index in [9.17, 15) is 22.0 Å². The van der Waals surface area contributed by atoms with Crippen molar-refractivity contribution in [1.82, 2.24) is 10.2 Å². The van der Waals surface area contributed by atoms with Crippen LogP contribution in [0.4, 0.5) is 22.0 Å². The van der Waals surface area contributed by atoms with Crippen molar-refractivity contribution in [1.29, 1.82) is 0 Å². The Morgan fingerprint density at radius 3 is 2.28 bits per heavy atom. The normalized spacial score (nSPS) is 17.7. The van der Waals surface area contributed by atoms with Gasteiger partial charge in [-0.3, -0.25) is 4.90 Å². The molecular formula is C15H20ClF5N2O2. The van der Waals surface area contributed by atoms with Crippen molar-refractivity contribution >= 4 is 12.4 Å². The smallest absolute Gasteiger partial charge is 0.416 e. The first-order chi connectivity index (χ1) is 11.2. The summed E-state index contributed by atoms with van der Waals surface area (Å²) >= 11 is 0. The summed E-state index contributed by atoms with van der Waals surface area (Å²) in [5.41, 5.74) is -1.75. The van der Waals surface area contributed by atoms with E-state index in [0.717, 1.165) is 6.07 Å². The minimum absolute atomic E-state index is 0. The fourth-order valence-corrected chi connectivity index (χ4v) is 2.86. The summed E-state index contributed by atoms with van der Waals surface area (Å²) in [5, 5.41) is 12.0. The summed E-state index contributed by atoms with van der Waals surface area (Å²) in [5.74, 6) is -3.79. The van der Waals surface area contributed by atoms with Gasteiger partial charge >= 0.3 is 6.18 Å². The molecule has 10 heteroatoms. The van der Waals surface area contributed by atoms with Crippen molar-refractivity contribution in [2.45, 2.75) is 18.1 Å². The van der Waals surface area contributed by atoms with Gasteiger partial charge in [-0.1, -0.05) is 6.07 Å². The summed E-state index contributed by atoms with van der Waals surface area (Å²) < 4.78 is 73.6. The molecule has 2 N–H and O–H groups in total. The van der Waals surface area contributed by atoms with E-state index in [1.54, 1.807) is 0 Å². The lowest BCUT2D eigenvalue weighted by Crippen LogP contribution is -2.51. The molecule has 1 aromatic rings. The third kappa shape index (κ3) is 4.93. The highest BCUT2D eigenvalue weighted by Crippen LogP contribution is 2.43. The number of methoxy groups -OCH3 is 1. The number of alkyl halides is 5. The Kier molecular flexibility index (Phi) is 7.42. The summed E-state index contributed by atoms with van der Waals surface area (Å²) in [4.78, 5) is 1.27. The lowest BCUT2D eigenvalue weighted by atomic mass is 9.93. The molecule has 4 nitrogen and oxygen atoms in total. The van der Waals surface area contributed by atoms with E-state index in [1.165, 1.54) is 18.1 Å². The summed E-state index contributed by atoms with van der Waals surface area (Å²) in [7, 11) is 1.20. The van der Waals surface area contributed by atoms with E-state index in [2.05, 4.69) is 5.32 Å². The molecule has 0 bridgehead atoms. The standard InChI is InChI=1S/C15H19F5N2O2.ClH/c1-24-10-2-3-11(12(8-10)15(18,19)20)13(14(16,17)9-23)22-6-4-21-5-7-22;/h2-3,8,13,21,23H,4-7,9H2,1H3;1H/t13-;/m0./s1. The van der Waals surface area contributed by atoms with Gasteiger partial charge in [-0.25, -0.2) is 8.78 Å². The van der Waals surface area contributed by atoms with Gasteiger partial charge in [0.15, 0.2) is 0 Å². The highest BCUT2D eigenvalue weighted by molar-refractivity contribution is 5.85. The third-order valence-corrected chi connectivity index (χ3v) is 3.99. The number of aliphatic hydroxyl groups is 1. The third-order valence-electron chi connectivity index (χ3n) is 3.99. The minimum atomic E-state index is -4.82. The average Bonchev–Trinajstić information content (AvgIpc) is 2.55. The first-order valence-corrected chi connectivity index (χ1v) is 7.39. The maximum atomic E-state index is 14.3. The second-order valence-electron chi connectivity index (χ2n) is 5.56. The molecule has 2 rings (SSSR count). The molecule has 0 radical (unpaired) electrons. The molecule has 1 heterocycles. The molecule has 0 amide bonds. The largest absolute Gasteiger partial charge is 0.497 e. The van der Waals surface area contributed by atoms with Crippen LogP contribution in [0.15, 0.2) is 18.2 Å². The molecular weight excluding hydrogens is 371 g/mol. The number of ether oxygens (including phenoxy) is 1. The summed E-state index contributed by atoms with van der Waals surface area (Å²) in [6.45, 7) is -0.455. The van der Waals surface area contributed by atoms with Crippen LogP contribution in [0.25, 0.3) is 0 Å². The lowest BCUT2D eigenvalue weighted by molar-refractivity contribution is -0.145. The number of piperazine rings is 1. The van der Waals surface area contributed by atoms with Crippen molar-refractivity contribution in [2.24, 2.45) is 0 Å². The Balaban J connectivity index is 0.00000312. The fourth-order valence-electron chi connectivity index (χ4n) is 2.86. The van der Waals surface area contributed by atoms with E-state index in [1.807, 2.05) is 0 Å². The van der Waals surface area contributed by atoms with E-state index in [4.69, 9.17) is 9.84 Å². The molecule has 0 aliphatic carbocycles. The van der Waals surface area contributed by atoms with Crippen LogP contribution in [0, 0.1) is 0 Å². The second-order valence-corrected chi connectivity index (χ2v) is 5.56. The maximum absolute atomic E-state index is 14.3. The first-order valence-electron chi connectivity index (χ1n) is 7.39. The number of hydrogen-bond donors (Lipinski definition) is 2. The Hall–Kier alpha value is -1.16. The molecule has 1 fully saturated rings. The molecule has 1 saturated heterocycles. The van der Waals surface area contributed by atoms with Crippen LogP contribution in [-0.2, 0) is 6.18 Å². The number of halogens is 6. The van der Waals surface area contributed by atoms with Crippen molar-refractivity contribution in [3.63, 3.8) is 0 Å². The van der Waals surface area contributed by atoms with E-state index >= 15 is 0 Å². The van der Waals surface area contributed by atoms with Gasteiger partial charge < -0.3 is 15.2 Å². The second kappa shape index (κ2) is 8.48. The van der Waals surface area contributed by atoms with Crippen LogP contribution in [-0.4, -0.2) is 55.8 Å². The zero-order valence-corrected chi connectivity index (χ0v) is 14.3. The van der Waals surface area contributed by atoms with Gasteiger partial charge in [0.1, 0.15) is 18.4 Å². The van der Waals surface area contributed by atoms with E-state index < -0.39 is 35.9 Å². The Labute approximate surface area is 148 Å². The van der Waals surface area contributed by atoms with Crippen LogP contribution in [0.3, 0.4) is 0 Å². The first kappa shape index (κ1) is 21.9. The lowest BCUT2D eigenvalue weighted by Gasteiger charge is -2.39. The van der Waals surface area contributed by atoms with E-state index in [0.29, 0.717) is 19.2 Å². The van der Waals surface area contributed by atoms with Gasteiger partial charge in [-0.15, -0.1) is 12.4 Å². The molecule has 1 aliphatic rings. The topological polar surface area (TPSA) is 44.7 Å². The maximum Gasteiger partial charge on any atom is 0.416 e. The van der Waals surface area contributed by atoms with Gasteiger partial charge in [0.2, 0.25) is 0 Å². The monoisotopic (exact) mass is 390 g/mol. The summed E-state index contributed by atoms with van der Waals surface area (Å²) in [6, 6.07) is 1.05. The predicted octanol–water partition coefficient (Wildman–Crippen LogP) is 2.71. The molecule has 1 atom stereocenters. The number of aliphatic hydroxyl groups excluding tert-OH is 1. The van der Waals surface area contributed by atoms with Gasteiger partial charge in [-0.2, -0.15) is 13.2 Å². The van der Waals surface area contributed by atoms with Crippen LogP contribution < -0.4 is 10.1 Å². The molecule has 0 saturated carbocycles. The van der Waals surface area contributed by atoms with Crippen LogP contribution in [0.2, 0.25) is 0 Å². The molecule has 0 aromatic heterocycles. The van der Waals surface area contributed by atoms with Crippen molar-refractivity contribution in [2.75, 3.05) is 39.9 Å². The summed E-state index contributed by atoms with van der Waals surface area (Å²) in [6.07, 6.45) is -4.82. The van der Waals surface area contributed by atoms with Crippen LogP contribution in [0.1, 0.15) is 17.2 Å². The van der Waals surface area contributed by atoms with Gasteiger partial charge in [0.05, 0.1) is 12.7 Å². The van der Waals surface area contributed by atoms with Crippen molar-refractivity contribution in [3.8, 4) is 5.75 Å². The van der Waals surface area contributed by atoms with E-state index in [-0.39, 0.29) is 31.2 Å². The Bertz CT molecular complexity index is 565. The Morgan fingerprint density at radius 1 is 1.20 bits per heavy atom. The minimum Gasteiger partial charge on any atom is -0.497 e. The molecule has 1 aliphatic heterocycles. The quantitative estimate of drug-likeness (QED) is 0.759. The Morgan fingerprint density at radius 2 is 1.80 bits per heavy atom. The van der Waals surface area contributed by atoms with Crippen LogP contribution >= 0.6 is 12.4 Å². The predicted molar refractivity (Wildman–Crippen MR) is 84.5 cm³/mol. The molecule has 25 heavy (non-hydrogen) atoms. The molecule has 144 valence electrons. The van der Waals surface area contributed by atoms with Crippen LogP contribution in [0.5, 0.6) is 5.75 Å². The van der Waals surface area contributed by atoms with Crippen molar-refractivity contribution in [3.05, 3.63) is 29.3 Å². The zero-order chi connectivity index (χ0) is 18.0. The average molecular weight is 391 g/mol. The number of nitrogens with zero attached hydrogens (tertiary/aromatic N) is 1.